The fraction of sp³-hybridized carbons (Fsp3) is 0.174. The minimum atomic E-state index is -1.29. The number of rotatable bonds is 4. The molecule has 0 saturated heterocycles. The van der Waals surface area contributed by atoms with Crippen LogP contribution in [-0.4, -0.2) is 15.6 Å². The molecular formula is C23H20N2O3. The van der Waals surface area contributed by atoms with Gasteiger partial charge in [0.25, 0.3) is 5.56 Å². The van der Waals surface area contributed by atoms with E-state index in [0.717, 1.165) is 27.8 Å². The van der Waals surface area contributed by atoms with Crippen LogP contribution in [0.2, 0.25) is 0 Å². The summed E-state index contributed by atoms with van der Waals surface area (Å²) in [6.07, 6.45) is 0. The molecule has 0 fully saturated rings. The zero-order chi connectivity index (χ0) is 20.4. The maximum Gasteiger partial charge on any atom is 0.337 e. The summed E-state index contributed by atoms with van der Waals surface area (Å²) in [5, 5.41) is 18.9. The summed E-state index contributed by atoms with van der Waals surface area (Å²) in [6.45, 7) is 6.15. The Labute approximate surface area is 163 Å². The Hall–Kier alpha value is -3.65. The normalized spacial score (nSPS) is 10.5. The van der Waals surface area contributed by atoms with Crippen LogP contribution >= 0.6 is 0 Å². The van der Waals surface area contributed by atoms with Crippen molar-refractivity contribution >= 4 is 5.97 Å². The molecule has 0 amide bonds. The second-order valence-electron chi connectivity index (χ2n) is 6.93. The molecule has 0 spiro atoms. The molecule has 0 bridgehead atoms. The van der Waals surface area contributed by atoms with E-state index in [0.29, 0.717) is 5.69 Å². The van der Waals surface area contributed by atoms with Crippen molar-refractivity contribution in [2.24, 2.45) is 0 Å². The quantitative estimate of drug-likeness (QED) is 0.749. The Morgan fingerprint density at radius 3 is 2.39 bits per heavy atom. The molecule has 0 aliphatic rings. The van der Waals surface area contributed by atoms with Crippen molar-refractivity contribution in [3.8, 4) is 17.3 Å². The summed E-state index contributed by atoms with van der Waals surface area (Å²) in [5.74, 6) is -1.29. The molecule has 2 aromatic carbocycles. The van der Waals surface area contributed by atoms with Gasteiger partial charge >= 0.3 is 5.97 Å². The van der Waals surface area contributed by atoms with E-state index in [1.165, 1.54) is 10.6 Å². The zero-order valence-corrected chi connectivity index (χ0v) is 16.0. The van der Waals surface area contributed by atoms with Gasteiger partial charge in [0.2, 0.25) is 0 Å². The smallest absolute Gasteiger partial charge is 0.337 e. The van der Waals surface area contributed by atoms with Gasteiger partial charge in [0, 0.05) is 0 Å². The number of hydrogen-bond donors (Lipinski definition) is 1. The molecule has 28 heavy (non-hydrogen) atoms. The summed E-state index contributed by atoms with van der Waals surface area (Å²) in [4.78, 5) is 24.7. The first kappa shape index (κ1) is 19.1. The minimum Gasteiger partial charge on any atom is -0.478 e. The molecule has 5 nitrogen and oxygen atoms in total. The van der Waals surface area contributed by atoms with Crippen molar-refractivity contribution in [2.45, 2.75) is 27.3 Å². The molecule has 1 heterocycles. The highest BCUT2D eigenvalue weighted by Crippen LogP contribution is 2.24. The second-order valence-corrected chi connectivity index (χ2v) is 6.93. The average Bonchev–Trinajstić information content (AvgIpc) is 2.64. The number of benzene rings is 2. The highest BCUT2D eigenvalue weighted by atomic mass is 16.4. The lowest BCUT2D eigenvalue weighted by Gasteiger charge is -2.17. The number of aromatic carboxylic acids is 1. The van der Waals surface area contributed by atoms with Crippen LogP contribution in [0.4, 0.5) is 0 Å². The topological polar surface area (TPSA) is 83.1 Å². The van der Waals surface area contributed by atoms with E-state index in [9.17, 15) is 20.0 Å². The van der Waals surface area contributed by atoms with E-state index < -0.39 is 11.5 Å². The summed E-state index contributed by atoms with van der Waals surface area (Å²) < 4.78 is 1.48. The molecule has 0 aliphatic heterocycles. The zero-order valence-electron chi connectivity index (χ0n) is 16.0. The van der Waals surface area contributed by atoms with Gasteiger partial charge in [-0.1, -0.05) is 47.5 Å². The minimum absolute atomic E-state index is 0.253. The van der Waals surface area contributed by atoms with Crippen molar-refractivity contribution in [1.29, 1.82) is 5.26 Å². The van der Waals surface area contributed by atoms with Crippen molar-refractivity contribution < 1.29 is 9.90 Å². The molecule has 1 aromatic heterocycles. The van der Waals surface area contributed by atoms with Gasteiger partial charge in [-0.2, -0.15) is 5.26 Å². The highest BCUT2D eigenvalue weighted by molar-refractivity contribution is 5.91. The Morgan fingerprint density at radius 1 is 1.07 bits per heavy atom. The van der Waals surface area contributed by atoms with Crippen LogP contribution in [-0.2, 0) is 6.54 Å². The van der Waals surface area contributed by atoms with Gasteiger partial charge in [0.15, 0.2) is 0 Å². The Kier molecular flexibility index (Phi) is 5.14. The third-order valence-electron chi connectivity index (χ3n) is 4.78. The van der Waals surface area contributed by atoms with E-state index >= 15 is 0 Å². The maximum absolute atomic E-state index is 13.1. The SMILES string of the molecule is Cc1cccc(-c2cc(C(=O)O)c(C#N)c(=O)n2Cc2ccc(C)cc2C)c1. The van der Waals surface area contributed by atoms with Gasteiger partial charge in [-0.25, -0.2) is 4.79 Å². The summed E-state index contributed by atoms with van der Waals surface area (Å²) >= 11 is 0. The van der Waals surface area contributed by atoms with Gasteiger partial charge < -0.3 is 9.67 Å². The standard InChI is InChI=1S/C23H20N2O3/c1-14-5-4-6-17(10-14)21-11-19(23(27)28)20(12-24)22(26)25(21)13-18-8-7-15(2)9-16(18)3/h4-11H,13H2,1-3H3,(H,27,28). The van der Waals surface area contributed by atoms with E-state index in [1.807, 2.05) is 63.2 Å². The van der Waals surface area contributed by atoms with Crippen molar-refractivity contribution in [2.75, 3.05) is 0 Å². The second kappa shape index (κ2) is 7.53. The van der Waals surface area contributed by atoms with Gasteiger partial charge in [0.05, 0.1) is 17.8 Å². The van der Waals surface area contributed by atoms with Gasteiger partial charge in [0.1, 0.15) is 11.6 Å². The third-order valence-corrected chi connectivity index (χ3v) is 4.78. The average molecular weight is 372 g/mol. The highest BCUT2D eigenvalue weighted by Gasteiger charge is 2.20. The third kappa shape index (κ3) is 3.58. The van der Waals surface area contributed by atoms with Crippen LogP contribution in [0, 0.1) is 32.1 Å². The number of carboxylic acids is 1. The molecule has 0 unspecified atom stereocenters. The number of carboxylic acid groups (broad SMARTS) is 1. The summed E-state index contributed by atoms with van der Waals surface area (Å²) in [5.41, 5.74) is 4.06. The monoisotopic (exact) mass is 372 g/mol. The van der Waals surface area contributed by atoms with Crippen LogP contribution < -0.4 is 5.56 Å². The molecule has 0 radical (unpaired) electrons. The van der Waals surface area contributed by atoms with Crippen molar-refractivity contribution in [1.82, 2.24) is 4.57 Å². The number of pyridine rings is 1. The Bertz CT molecular complexity index is 1180. The van der Waals surface area contributed by atoms with Gasteiger partial charge in [-0.3, -0.25) is 4.79 Å². The van der Waals surface area contributed by atoms with E-state index in [-0.39, 0.29) is 17.7 Å². The number of carbonyl (C=O) groups is 1. The summed E-state index contributed by atoms with van der Waals surface area (Å²) in [6, 6.07) is 16.7. The van der Waals surface area contributed by atoms with Gasteiger partial charge in [-0.15, -0.1) is 0 Å². The molecule has 5 heteroatoms. The van der Waals surface area contributed by atoms with Crippen molar-refractivity contribution in [3.63, 3.8) is 0 Å². The number of aromatic nitrogens is 1. The van der Waals surface area contributed by atoms with E-state index in [1.54, 1.807) is 6.07 Å². The molecule has 0 atom stereocenters. The number of nitriles is 1. The fourth-order valence-corrected chi connectivity index (χ4v) is 3.32. The molecule has 3 rings (SSSR count). The van der Waals surface area contributed by atoms with E-state index in [4.69, 9.17) is 0 Å². The van der Waals surface area contributed by atoms with E-state index in [2.05, 4.69) is 0 Å². The van der Waals surface area contributed by atoms with Gasteiger partial charge in [-0.05, 0) is 49.6 Å². The van der Waals surface area contributed by atoms with Crippen LogP contribution in [0.15, 0.2) is 53.3 Å². The predicted octanol–water partition coefficient (Wildman–Crippen LogP) is 4.06. The lowest BCUT2D eigenvalue weighted by molar-refractivity contribution is 0.0696. The molecule has 140 valence electrons. The number of hydrogen-bond acceptors (Lipinski definition) is 3. The number of aryl methyl sites for hydroxylation is 3. The predicted molar refractivity (Wildman–Crippen MR) is 108 cm³/mol. The largest absolute Gasteiger partial charge is 0.478 e. The lowest BCUT2D eigenvalue weighted by Crippen LogP contribution is -2.28. The van der Waals surface area contributed by atoms with Crippen LogP contribution in [0.25, 0.3) is 11.3 Å². The molecular weight excluding hydrogens is 352 g/mol. The molecule has 0 aliphatic carbocycles. The molecule has 1 N–H and O–H groups in total. The molecule has 0 saturated carbocycles. The number of nitrogens with zero attached hydrogens (tertiary/aromatic N) is 2. The first-order valence-electron chi connectivity index (χ1n) is 8.86. The molecule has 3 aromatic rings. The Balaban J connectivity index is 2.31. The van der Waals surface area contributed by atoms with Crippen molar-refractivity contribution in [3.05, 3.63) is 92.3 Å². The summed E-state index contributed by atoms with van der Waals surface area (Å²) in [7, 11) is 0. The maximum atomic E-state index is 13.1. The van der Waals surface area contributed by atoms with Crippen LogP contribution in [0.3, 0.4) is 0 Å². The lowest BCUT2D eigenvalue weighted by atomic mass is 10.0. The first-order valence-corrected chi connectivity index (χ1v) is 8.86. The van der Waals surface area contributed by atoms with Crippen LogP contribution in [0.1, 0.15) is 38.2 Å². The first-order chi connectivity index (χ1) is 13.3. The Morgan fingerprint density at radius 2 is 1.79 bits per heavy atom. The van der Waals surface area contributed by atoms with Crippen LogP contribution in [0.5, 0.6) is 0 Å². The fourth-order valence-electron chi connectivity index (χ4n) is 3.32.